The molecule has 0 spiro atoms. The fraction of sp³-hybridized carbons (Fsp3) is 0.714. The fourth-order valence-electron chi connectivity index (χ4n) is 2.54. The van der Waals surface area contributed by atoms with Gasteiger partial charge in [-0.05, 0) is 39.5 Å². The predicted octanol–water partition coefficient (Wildman–Crippen LogP) is 3.25. The molecule has 1 saturated heterocycles. The smallest absolute Gasteiger partial charge is 0.218 e. The first-order valence-corrected chi connectivity index (χ1v) is 7.55. The summed E-state index contributed by atoms with van der Waals surface area (Å²) < 4.78 is 5.63. The summed E-state index contributed by atoms with van der Waals surface area (Å²) in [6, 6.07) is 2.50. The molecule has 0 N–H and O–H groups in total. The van der Waals surface area contributed by atoms with Gasteiger partial charge in [-0.3, -0.25) is 0 Å². The Labute approximate surface area is 120 Å². The lowest BCUT2D eigenvalue weighted by atomic mass is 10.1. The molecule has 2 rings (SSSR count). The van der Waals surface area contributed by atoms with Crippen LogP contribution in [0.3, 0.4) is 0 Å². The van der Waals surface area contributed by atoms with Gasteiger partial charge in [0.15, 0.2) is 0 Å². The maximum atomic E-state index is 5.79. The summed E-state index contributed by atoms with van der Waals surface area (Å²) in [5.41, 5.74) is 0. The minimum Gasteiger partial charge on any atom is -0.475 e. The molecule has 1 aromatic heterocycles. The quantitative estimate of drug-likeness (QED) is 0.751. The van der Waals surface area contributed by atoms with Crippen LogP contribution in [0.25, 0.3) is 0 Å². The van der Waals surface area contributed by atoms with E-state index < -0.39 is 0 Å². The number of anilines is 1. The van der Waals surface area contributed by atoms with Gasteiger partial charge in [0, 0.05) is 24.5 Å². The molecule has 1 aliphatic heterocycles. The van der Waals surface area contributed by atoms with E-state index in [4.69, 9.17) is 16.3 Å². The first-order chi connectivity index (χ1) is 9.20. The minimum absolute atomic E-state index is 0.133. The molecular weight excluding hydrogens is 262 g/mol. The maximum Gasteiger partial charge on any atom is 0.218 e. The van der Waals surface area contributed by atoms with Crippen molar-refractivity contribution in [1.82, 2.24) is 9.97 Å². The first-order valence-electron chi connectivity index (χ1n) is 7.02. The van der Waals surface area contributed by atoms with Gasteiger partial charge in [-0.25, -0.2) is 9.97 Å². The van der Waals surface area contributed by atoms with Gasteiger partial charge in [0.25, 0.3) is 0 Å². The molecule has 5 heteroatoms. The van der Waals surface area contributed by atoms with Gasteiger partial charge < -0.3 is 9.64 Å². The molecule has 0 aliphatic carbocycles. The van der Waals surface area contributed by atoms with Crippen molar-refractivity contribution < 1.29 is 4.74 Å². The second kappa shape index (κ2) is 6.94. The second-order valence-electron chi connectivity index (χ2n) is 5.20. The highest BCUT2D eigenvalue weighted by atomic mass is 35.5. The van der Waals surface area contributed by atoms with E-state index in [9.17, 15) is 0 Å². The number of hydrogen-bond acceptors (Lipinski definition) is 4. The van der Waals surface area contributed by atoms with Crippen molar-refractivity contribution in [3.05, 3.63) is 12.4 Å². The average molecular weight is 284 g/mol. The normalized spacial score (nSPS) is 19.2. The molecule has 0 bridgehead atoms. The Morgan fingerprint density at radius 1 is 1.47 bits per heavy atom. The highest BCUT2D eigenvalue weighted by molar-refractivity contribution is 6.17. The molecule has 2 heterocycles. The summed E-state index contributed by atoms with van der Waals surface area (Å²) in [5, 5.41) is 0. The average Bonchev–Trinajstić information content (AvgIpc) is 2.84. The van der Waals surface area contributed by atoms with Gasteiger partial charge in [0.2, 0.25) is 5.88 Å². The molecule has 0 amide bonds. The largest absolute Gasteiger partial charge is 0.475 e. The van der Waals surface area contributed by atoms with Crippen LogP contribution >= 0.6 is 11.6 Å². The lowest BCUT2D eigenvalue weighted by Gasteiger charge is -2.25. The van der Waals surface area contributed by atoms with Gasteiger partial charge in [-0.15, -0.1) is 11.6 Å². The molecule has 106 valence electrons. The Hall–Kier alpha value is -1.03. The van der Waals surface area contributed by atoms with Crippen LogP contribution in [0, 0.1) is 0 Å². The molecule has 1 unspecified atom stereocenters. The highest BCUT2D eigenvalue weighted by Gasteiger charge is 2.25. The van der Waals surface area contributed by atoms with Gasteiger partial charge in [-0.2, -0.15) is 0 Å². The van der Waals surface area contributed by atoms with E-state index in [1.165, 1.54) is 12.8 Å². The number of halogens is 1. The van der Waals surface area contributed by atoms with E-state index in [2.05, 4.69) is 14.9 Å². The third-order valence-electron chi connectivity index (χ3n) is 3.33. The molecule has 19 heavy (non-hydrogen) atoms. The van der Waals surface area contributed by atoms with Crippen molar-refractivity contribution in [3.63, 3.8) is 0 Å². The van der Waals surface area contributed by atoms with Crippen LogP contribution < -0.4 is 9.64 Å². The number of ether oxygens (including phenoxy) is 1. The zero-order valence-corrected chi connectivity index (χ0v) is 12.4. The van der Waals surface area contributed by atoms with Gasteiger partial charge in [0.1, 0.15) is 12.1 Å². The lowest BCUT2D eigenvalue weighted by molar-refractivity contribution is 0.232. The Morgan fingerprint density at radius 2 is 2.32 bits per heavy atom. The van der Waals surface area contributed by atoms with Crippen LogP contribution in [-0.4, -0.2) is 34.5 Å². The van der Waals surface area contributed by atoms with Crippen LogP contribution in [0.2, 0.25) is 0 Å². The Kier molecular flexibility index (Phi) is 5.25. The Morgan fingerprint density at radius 3 is 3.05 bits per heavy atom. The van der Waals surface area contributed by atoms with Crippen molar-refractivity contribution in [2.24, 2.45) is 0 Å². The van der Waals surface area contributed by atoms with Crippen LogP contribution in [0.1, 0.15) is 39.5 Å². The van der Waals surface area contributed by atoms with E-state index in [1.807, 2.05) is 19.9 Å². The van der Waals surface area contributed by atoms with Crippen LogP contribution in [0.5, 0.6) is 5.88 Å². The highest BCUT2D eigenvalue weighted by Crippen LogP contribution is 2.28. The third kappa shape index (κ3) is 3.96. The summed E-state index contributed by atoms with van der Waals surface area (Å²) in [6.45, 7) is 5.06. The van der Waals surface area contributed by atoms with Crippen molar-refractivity contribution in [3.8, 4) is 5.88 Å². The molecule has 1 aliphatic rings. The van der Waals surface area contributed by atoms with Crippen LogP contribution in [0.4, 0.5) is 5.82 Å². The third-order valence-corrected chi connectivity index (χ3v) is 3.59. The van der Waals surface area contributed by atoms with Crippen molar-refractivity contribution in [2.75, 3.05) is 17.3 Å². The van der Waals surface area contributed by atoms with Crippen LogP contribution in [0.15, 0.2) is 12.4 Å². The molecule has 0 aromatic carbocycles. The van der Waals surface area contributed by atoms with Gasteiger partial charge in [-0.1, -0.05) is 0 Å². The van der Waals surface area contributed by atoms with Gasteiger partial charge in [0.05, 0.1) is 6.10 Å². The fourth-order valence-corrected chi connectivity index (χ4v) is 2.70. The number of aromatic nitrogens is 2. The summed E-state index contributed by atoms with van der Waals surface area (Å²) in [7, 11) is 0. The maximum absolute atomic E-state index is 5.79. The van der Waals surface area contributed by atoms with E-state index in [0.717, 1.165) is 31.1 Å². The van der Waals surface area contributed by atoms with E-state index in [1.54, 1.807) is 6.33 Å². The SMILES string of the molecule is CC(C)Oc1cc(N2CCCC2CCCCl)ncn1. The second-order valence-corrected chi connectivity index (χ2v) is 5.58. The molecule has 0 saturated carbocycles. The summed E-state index contributed by atoms with van der Waals surface area (Å²) in [5.74, 6) is 2.36. The minimum atomic E-state index is 0.133. The standard InChI is InChI=1S/C14H22ClN3O/c1-11(2)19-14-9-13(16-10-17-14)18-8-4-6-12(18)5-3-7-15/h9-12H,3-8H2,1-2H3. The molecular formula is C14H22ClN3O. The zero-order valence-electron chi connectivity index (χ0n) is 11.7. The van der Waals surface area contributed by atoms with Crippen molar-refractivity contribution in [2.45, 2.75) is 51.7 Å². The Balaban J connectivity index is 2.07. The lowest BCUT2D eigenvalue weighted by Crippen LogP contribution is -2.30. The monoisotopic (exact) mass is 283 g/mol. The van der Waals surface area contributed by atoms with Crippen molar-refractivity contribution >= 4 is 17.4 Å². The predicted molar refractivity (Wildman–Crippen MR) is 78.1 cm³/mol. The number of alkyl halides is 1. The number of hydrogen-bond donors (Lipinski definition) is 0. The molecule has 1 atom stereocenters. The topological polar surface area (TPSA) is 38.2 Å². The van der Waals surface area contributed by atoms with E-state index >= 15 is 0 Å². The zero-order chi connectivity index (χ0) is 13.7. The number of rotatable bonds is 6. The first kappa shape index (κ1) is 14.4. The summed E-state index contributed by atoms with van der Waals surface area (Å²) in [4.78, 5) is 10.9. The van der Waals surface area contributed by atoms with E-state index in [0.29, 0.717) is 11.9 Å². The number of nitrogens with zero attached hydrogens (tertiary/aromatic N) is 3. The van der Waals surface area contributed by atoms with Crippen molar-refractivity contribution in [1.29, 1.82) is 0 Å². The molecule has 4 nitrogen and oxygen atoms in total. The summed E-state index contributed by atoms with van der Waals surface area (Å²) in [6.07, 6.45) is 6.35. The molecule has 1 aromatic rings. The summed E-state index contributed by atoms with van der Waals surface area (Å²) >= 11 is 5.79. The Bertz CT molecular complexity index is 400. The van der Waals surface area contributed by atoms with E-state index in [-0.39, 0.29) is 6.10 Å². The molecule has 1 fully saturated rings. The molecule has 0 radical (unpaired) electrons. The van der Waals surface area contributed by atoms with Gasteiger partial charge >= 0.3 is 0 Å². The van der Waals surface area contributed by atoms with Crippen LogP contribution in [-0.2, 0) is 0 Å².